The number of hydrogen-bond donors (Lipinski definition) is 2. The van der Waals surface area contributed by atoms with Crippen LogP contribution in [0.5, 0.6) is 0 Å². The number of aliphatic carboxylic acids is 1. The van der Waals surface area contributed by atoms with Gasteiger partial charge in [-0.2, -0.15) is 0 Å². The quantitative estimate of drug-likeness (QED) is 0.769. The lowest BCUT2D eigenvalue weighted by molar-refractivity contribution is -0.148. The Hall–Kier alpha value is -1.30. The highest BCUT2D eigenvalue weighted by Gasteiger charge is 2.38. The summed E-state index contributed by atoms with van der Waals surface area (Å²) in [5.41, 5.74) is 0. The highest BCUT2D eigenvalue weighted by atomic mass is 16.5. The number of carboxylic acids is 1. The fraction of sp³-hybridized carbons (Fsp3) is 0.833. The number of nitrogens with one attached hydrogen (secondary N) is 1. The minimum Gasteiger partial charge on any atom is -0.479 e. The normalized spacial score (nSPS) is 27.9. The van der Waals surface area contributed by atoms with Crippen molar-refractivity contribution in [1.29, 1.82) is 0 Å². The lowest BCUT2D eigenvalue weighted by Gasteiger charge is -2.19. The number of carbonyl (C=O) groups is 2. The molecule has 18 heavy (non-hydrogen) atoms. The number of rotatable bonds is 4. The van der Waals surface area contributed by atoms with E-state index in [0.717, 1.165) is 13.1 Å². The van der Waals surface area contributed by atoms with Crippen LogP contribution in [0.1, 0.15) is 19.3 Å². The molecule has 0 radical (unpaired) electrons. The number of hydrogen-bond acceptors (Lipinski definition) is 3. The van der Waals surface area contributed by atoms with Gasteiger partial charge in [0.05, 0.1) is 6.54 Å². The van der Waals surface area contributed by atoms with Gasteiger partial charge in [0.2, 0.25) is 0 Å². The molecule has 3 atom stereocenters. The number of carbonyl (C=O) groups excluding carboxylic acids is 1. The van der Waals surface area contributed by atoms with Gasteiger partial charge in [0.1, 0.15) is 0 Å². The smallest absolute Gasteiger partial charge is 0.334 e. The Labute approximate surface area is 106 Å². The number of urea groups is 1. The van der Waals surface area contributed by atoms with Crippen LogP contribution in [0.2, 0.25) is 0 Å². The van der Waals surface area contributed by atoms with Crippen LogP contribution in [0.15, 0.2) is 0 Å². The molecule has 0 aromatic heterocycles. The van der Waals surface area contributed by atoms with Crippen molar-refractivity contribution < 1.29 is 19.4 Å². The molecule has 2 fully saturated rings. The summed E-state index contributed by atoms with van der Waals surface area (Å²) in [5.74, 6) is 0.234. The maximum Gasteiger partial charge on any atom is 0.334 e. The molecule has 6 nitrogen and oxygen atoms in total. The molecule has 2 rings (SSSR count). The zero-order chi connectivity index (χ0) is 13.1. The van der Waals surface area contributed by atoms with E-state index in [9.17, 15) is 9.59 Å². The van der Waals surface area contributed by atoms with E-state index in [1.54, 1.807) is 4.90 Å². The van der Waals surface area contributed by atoms with Crippen LogP contribution in [-0.4, -0.2) is 54.9 Å². The van der Waals surface area contributed by atoms with Gasteiger partial charge in [-0.25, -0.2) is 9.59 Å². The molecule has 2 N–H and O–H groups in total. The summed E-state index contributed by atoms with van der Waals surface area (Å²) in [4.78, 5) is 24.4. The molecule has 3 unspecified atom stereocenters. The van der Waals surface area contributed by atoms with Gasteiger partial charge in [-0.1, -0.05) is 6.42 Å². The predicted molar refractivity (Wildman–Crippen MR) is 64.2 cm³/mol. The third-order valence-corrected chi connectivity index (χ3v) is 4.01. The maximum atomic E-state index is 11.9. The highest BCUT2D eigenvalue weighted by molar-refractivity contribution is 5.77. The van der Waals surface area contributed by atoms with Crippen LogP contribution in [0.3, 0.4) is 0 Å². The number of fused-ring (bicyclic) bond motifs is 1. The first-order valence-electron chi connectivity index (χ1n) is 6.40. The predicted octanol–water partition coefficient (Wildman–Crippen LogP) is 0.527. The van der Waals surface area contributed by atoms with Crippen molar-refractivity contribution >= 4 is 12.0 Å². The summed E-state index contributed by atoms with van der Waals surface area (Å²) in [5, 5.41) is 11.4. The molecular weight excluding hydrogens is 236 g/mol. The molecule has 0 spiro atoms. The topological polar surface area (TPSA) is 78.9 Å². The van der Waals surface area contributed by atoms with Crippen molar-refractivity contribution in [2.75, 3.05) is 26.7 Å². The average molecular weight is 256 g/mol. The van der Waals surface area contributed by atoms with Crippen LogP contribution in [0.4, 0.5) is 4.79 Å². The maximum absolute atomic E-state index is 11.9. The Morgan fingerprint density at radius 1 is 1.39 bits per heavy atom. The minimum atomic E-state index is -1.06. The van der Waals surface area contributed by atoms with Crippen molar-refractivity contribution in [3.8, 4) is 0 Å². The van der Waals surface area contributed by atoms with Gasteiger partial charge < -0.3 is 20.1 Å². The van der Waals surface area contributed by atoms with E-state index >= 15 is 0 Å². The molecule has 6 heteroatoms. The molecule has 102 valence electrons. The van der Waals surface area contributed by atoms with E-state index < -0.39 is 12.1 Å². The number of carboxylic acid groups (broad SMARTS) is 1. The van der Waals surface area contributed by atoms with E-state index in [-0.39, 0.29) is 12.6 Å². The second-order valence-electron chi connectivity index (χ2n) is 5.10. The van der Waals surface area contributed by atoms with Crippen molar-refractivity contribution in [3.63, 3.8) is 0 Å². The van der Waals surface area contributed by atoms with Crippen molar-refractivity contribution in [1.82, 2.24) is 10.2 Å². The number of nitrogens with zero attached hydrogens (tertiary/aromatic N) is 1. The average Bonchev–Trinajstić information content (AvgIpc) is 2.88. The molecule has 0 bridgehead atoms. The van der Waals surface area contributed by atoms with E-state index in [4.69, 9.17) is 9.84 Å². The second-order valence-corrected chi connectivity index (χ2v) is 5.10. The molecule has 1 aliphatic carbocycles. The Balaban J connectivity index is 1.77. The third-order valence-electron chi connectivity index (χ3n) is 4.01. The molecule has 2 aliphatic rings. The summed E-state index contributed by atoms with van der Waals surface area (Å²) in [6.07, 6.45) is 2.72. The second kappa shape index (κ2) is 5.56. The number of ether oxygens (including phenoxy) is 1. The summed E-state index contributed by atoms with van der Waals surface area (Å²) < 4.78 is 4.77. The van der Waals surface area contributed by atoms with Gasteiger partial charge >= 0.3 is 12.0 Å². The SMILES string of the molecule is COC(CNC(=O)N1CC2CCCC2C1)C(=O)O. The first-order valence-corrected chi connectivity index (χ1v) is 6.40. The molecule has 1 aliphatic heterocycles. The third kappa shape index (κ3) is 2.75. The van der Waals surface area contributed by atoms with Gasteiger partial charge in [-0.05, 0) is 24.7 Å². The fourth-order valence-electron chi connectivity index (χ4n) is 2.96. The van der Waals surface area contributed by atoms with Gasteiger partial charge in [0.15, 0.2) is 6.10 Å². The van der Waals surface area contributed by atoms with Gasteiger partial charge in [0, 0.05) is 20.2 Å². The zero-order valence-corrected chi connectivity index (χ0v) is 10.6. The molecule has 0 aromatic carbocycles. The van der Waals surface area contributed by atoms with Gasteiger partial charge in [-0.15, -0.1) is 0 Å². The monoisotopic (exact) mass is 256 g/mol. The van der Waals surface area contributed by atoms with Gasteiger partial charge in [0.25, 0.3) is 0 Å². The summed E-state index contributed by atoms with van der Waals surface area (Å²) >= 11 is 0. The van der Waals surface area contributed by atoms with Crippen LogP contribution in [0, 0.1) is 11.8 Å². The largest absolute Gasteiger partial charge is 0.479 e. The summed E-state index contributed by atoms with van der Waals surface area (Å²) in [6.45, 7) is 1.62. The minimum absolute atomic E-state index is 0.0104. The summed E-state index contributed by atoms with van der Waals surface area (Å²) in [7, 11) is 1.32. The van der Waals surface area contributed by atoms with E-state index in [1.807, 2.05) is 0 Å². The first-order chi connectivity index (χ1) is 8.61. The van der Waals surface area contributed by atoms with Gasteiger partial charge in [-0.3, -0.25) is 0 Å². The Morgan fingerprint density at radius 3 is 2.50 bits per heavy atom. The van der Waals surface area contributed by atoms with E-state index in [0.29, 0.717) is 11.8 Å². The van der Waals surface area contributed by atoms with E-state index in [2.05, 4.69) is 5.32 Å². The first kappa shape index (κ1) is 13.1. The van der Waals surface area contributed by atoms with Crippen LogP contribution >= 0.6 is 0 Å². The number of methoxy groups -OCH3 is 1. The molecule has 1 saturated heterocycles. The van der Waals surface area contributed by atoms with Crippen molar-refractivity contribution in [3.05, 3.63) is 0 Å². The molecule has 1 heterocycles. The van der Waals surface area contributed by atoms with Crippen LogP contribution in [0.25, 0.3) is 0 Å². The summed E-state index contributed by atoms with van der Waals surface area (Å²) in [6, 6.07) is -0.173. The highest BCUT2D eigenvalue weighted by Crippen LogP contribution is 2.37. The van der Waals surface area contributed by atoms with Crippen LogP contribution < -0.4 is 5.32 Å². The lowest BCUT2D eigenvalue weighted by atomic mass is 10.0. The zero-order valence-electron chi connectivity index (χ0n) is 10.6. The number of likely N-dealkylation sites (tertiary alicyclic amines) is 1. The molecular formula is C12H20N2O4. The molecule has 0 aromatic rings. The fourth-order valence-corrected chi connectivity index (χ4v) is 2.96. The standard InChI is InChI=1S/C12H20N2O4/c1-18-10(11(15)16)5-13-12(17)14-6-8-3-2-4-9(8)7-14/h8-10H,2-7H2,1H3,(H,13,17)(H,15,16). The Bertz CT molecular complexity index is 322. The van der Waals surface area contributed by atoms with Crippen molar-refractivity contribution in [2.24, 2.45) is 11.8 Å². The lowest BCUT2D eigenvalue weighted by Crippen LogP contribution is -2.44. The molecule has 2 amide bonds. The Kier molecular flexibility index (Phi) is 4.06. The van der Waals surface area contributed by atoms with E-state index in [1.165, 1.54) is 26.4 Å². The Morgan fingerprint density at radius 2 is 2.00 bits per heavy atom. The molecule has 1 saturated carbocycles. The van der Waals surface area contributed by atoms with Crippen molar-refractivity contribution in [2.45, 2.75) is 25.4 Å². The number of amides is 2. The van der Waals surface area contributed by atoms with Crippen LogP contribution in [-0.2, 0) is 9.53 Å².